The highest BCUT2D eigenvalue weighted by Crippen LogP contribution is 2.19. The van der Waals surface area contributed by atoms with Crippen molar-refractivity contribution in [2.45, 2.75) is 19.9 Å². The van der Waals surface area contributed by atoms with Crippen LogP contribution in [0.5, 0.6) is 0 Å². The summed E-state index contributed by atoms with van der Waals surface area (Å²) in [5, 5.41) is 9.38. The Morgan fingerprint density at radius 3 is 2.73 bits per heavy atom. The van der Waals surface area contributed by atoms with Gasteiger partial charge < -0.3 is 10.1 Å². The number of nitrogens with zero attached hydrogens (tertiary/aromatic N) is 2. The van der Waals surface area contributed by atoms with Gasteiger partial charge in [0.25, 0.3) is 5.56 Å². The third-order valence-corrected chi connectivity index (χ3v) is 3.46. The minimum Gasteiger partial charge on any atom is -0.481 e. The number of nitrogens with one attached hydrogen (secondary N) is 1. The van der Waals surface area contributed by atoms with Gasteiger partial charge in [0, 0.05) is 17.8 Å². The van der Waals surface area contributed by atoms with Crippen LogP contribution in [0.3, 0.4) is 0 Å². The summed E-state index contributed by atoms with van der Waals surface area (Å²) in [6, 6.07) is 11.0. The molecule has 3 aromatic rings. The zero-order valence-corrected chi connectivity index (χ0v) is 12.0. The van der Waals surface area contributed by atoms with Crippen molar-refractivity contribution in [1.29, 1.82) is 0 Å². The van der Waals surface area contributed by atoms with Gasteiger partial charge in [-0.1, -0.05) is 30.3 Å². The molecule has 0 spiro atoms. The van der Waals surface area contributed by atoms with Crippen LogP contribution in [0, 0.1) is 6.92 Å². The number of carboxylic acid groups (broad SMARTS) is 1. The average molecular weight is 297 g/mol. The summed E-state index contributed by atoms with van der Waals surface area (Å²) in [7, 11) is 0. The molecule has 6 nitrogen and oxygen atoms in total. The Balaban J connectivity index is 2.25. The summed E-state index contributed by atoms with van der Waals surface area (Å²) in [5.74, 6) is -0.475. The van der Waals surface area contributed by atoms with E-state index in [-0.39, 0.29) is 18.5 Å². The fraction of sp³-hybridized carbons (Fsp3) is 0.188. The quantitative estimate of drug-likeness (QED) is 0.772. The van der Waals surface area contributed by atoms with Crippen molar-refractivity contribution in [2.75, 3.05) is 0 Å². The molecule has 2 N–H and O–H groups in total. The lowest BCUT2D eigenvalue weighted by molar-refractivity contribution is -0.137. The molecule has 0 saturated carbocycles. The second-order valence-electron chi connectivity index (χ2n) is 5.12. The molecule has 0 fully saturated rings. The van der Waals surface area contributed by atoms with E-state index in [1.54, 1.807) is 6.07 Å². The first-order chi connectivity index (χ1) is 10.6. The minimum absolute atomic E-state index is 0.0889. The molecule has 0 amide bonds. The molecule has 0 unspecified atom stereocenters. The van der Waals surface area contributed by atoms with Crippen molar-refractivity contribution in [3.8, 4) is 11.4 Å². The SMILES string of the molecule is Cc1cc2c(=O)n(CCC(=O)O)c(-c3ccccc3)nc2[nH]1. The molecule has 0 aliphatic heterocycles. The van der Waals surface area contributed by atoms with Crippen molar-refractivity contribution < 1.29 is 9.90 Å². The number of carboxylic acids is 1. The predicted octanol–water partition coefficient (Wildman–Crippen LogP) is 2.17. The van der Waals surface area contributed by atoms with Crippen LogP contribution >= 0.6 is 0 Å². The monoisotopic (exact) mass is 297 g/mol. The number of hydrogen-bond donors (Lipinski definition) is 2. The first-order valence-corrected chi connectivity index (χ1v) is 6.93. The van der Waals surface area contributed by atoms with Crippen LogP contribution in [0.2, 0.25) is 0 Å². The Labute approximate surface area is 126 Å². The summed E-state index contributed by atoms with van der Waals surface area (Å²) < 4.78 is 1.43. The molecule has 0 aliphatic rings. The molecule has 22 heavy (non-hydrogen) atoms. The van der Waals surface area contributed by atoms with Gasteiger partial charge >= 0.3 is 5.97 Å². The Bertz CT molecular complexity index is 894. The summed E-state index contributed by atoms with van der Waals surface area (Å²) in [4.78, 5) is 31.1. The fourth-order valence-electron chi connectivity index (χ4n) is 2.46. The van der Waals surface area contributed by atoms with Gasteiger partial charge in [-0.2, -0.15) is 0 Å². The summed E-state index contributed by atoms with van der Waals surface area (Å²) in [6.07, 6.45) is -0.129. The molecule has 6 heteroatoms. The number of aromatic nitrogens is 3. The van der Waals surface area contributed by atoms with Crippen molar-refractivity contribution in [3.05, 3.63) is 52.4 Å². The number of aliphatic carboxylic acids is 1. The molecule has 0 radical (unpaired) electrons. The molecule has 0 bridgehead atoms. The number of hydrogen-bond acceptors (Lipinski definition) is 3. The molecule has 0 aliphatic carbocycles. The van der Waals surface area contributed by atoms with Crippen LogP contribution in [0.1, 0.15) is 12.1 Å². The zero-order valence-electron chi connectivity index (χ0n) is 12.0. The average Bonchev–Trinajstić information content (AvgIpc) is 2.87. The molecule has 3 rings (SSSR count). The molecule has 112 valence electrons. The number of aromatic amines is 1. The molecular weight excluding hydrogens is 282 g/mol. The Hall–Kier alpha value is -2.89. The van der Waals surface area contributed by atoms with E-state index in [2.05, 4.69) is 9.97 Å². The first-order valence-electron chi connectivity index (χ1n) is 6.93. The molecule has 1 aromatic carbocycles. The van der Waals surface area contributed by atoms with E-state index in [4.69, 9.17) is 5.11 Å². The normalized spacial score (nSPS) is 11.0. The van der Waals surface area contributed by atoms with E-state index in [0.717, 1.165) is 11.3 Å². The van der Waals surface area contributed by atoms with E-state index in [0.29, 0.717) is 16.9 Å². The van der Waals surface area contributed by atoms with Gasteiger partial charge in [-0.25, -0.2) is 4.98 Å². The molecule has 2 heterocycles. The van der Waals surface area contributed by atoms with E-state index < -0.39 is 5.97 Å². The summed E-state index contributed by atoms with van der Waals surface area (Å²) in [5.41, 5.74) is 1.91. The van der Waals surface area contributed by atoms with Crippen LogP contribution in [0.15, 0.2) is 41.2 Å². The van der Waals surface area contributed by atoms with Crippen LogP contribution in [0.25, 0.3) is 22.4 Å². The largest absolute Gasteiger partial charge is 0.481 e. The minimum atomic E-state index is -0.948. The summed E-state index contributed by atoms with van der Waals surface area (Å²) >= 11 is 0. The number of benzene rings is 1. The fourth-order valence-corrected chi connectivity index (χ4v) is 2.46. The smallest absolute Gasteiger partial charge is 0.305 e. The standard InChI is InChI=1S/C16H15N3O3/c1-10-9-12-14(17-10)18-15(11-5-3-2-4-6-11)19(16(12)22)8-7-13(20)21/h2-6,9,17H,7-8H2,1H3,(H,20,21). The van der Waals surface area contributed by atoms with Crippen LogP contribution < -0.4 is 5.56 Å². The molecule has 2 aromatic heterocycles. The highest BCUT2D eigenvalue weighted by Gasteiger charge is 2.15. The van der Waals surface area contributed by atoms with Crippen molar-refractivity contribution in [3.63, 3.8) is 0 Å². The Morgan fingerprint density at radius 2 is 2.05 bits per heavy atom. The maximum Gasteiger partial charge on any atom is 0.305 e. The number of aryl methyl sites for hydroxylation is 1. The van der Waals surface area contributed by atoms with E-state index in [1.165, 1.54) is 4.57 Å². The Kier molecular flexibility index (Phi) is 3.50. The third-order valence-electron chi connectivity index (χ3n) is 3.46. The number of H-pyrrole nitrogens is 1. The van der Waals surface area contributed by atoms with Crippen molar-refractivity contribution in [1.82, 2.24) is 14.5 Å². The predicted molar refractivity (Wildman–Crippen MR) is 82.8 cm³/mol. The lowest BCUT2D eigenvalue weighted by Gasteiger charge is -2.11. The molecular formula is C16H15N3O3. The van der Waals surface area contributed by atoms with Gasteiger partial charge in [0.1, 0.15) is 11.5 Å². The second kappa shape index (κ2) is 5.48. The summed E-state index contributed by atoms with van der Waals surface area (Å²) in [6.45, 7) is 1.94. The van der Waals surface area contributed by atoms with Crippen LogP contribution in [-0.2, 0) is 11.3 Å². The van der Waals surface area contributed by atoms with E-state index >= 15 is 0 Å². The maximum atomic E-state index is 12.7. The zero-order chi connectivity index (χ0) is 15.7. The number of rotatable bonds is 4. The first kappa shape index (κ1) is 14.1. The van der Waals surface area contributed by atoms with Crippen LogP contribution in [-0.4, -0.2) is 25.6 Å². The lowest BCUT2D eigenvalue weighted by Crippen LogP contribution is -2.24. The number of carbonyl (C=O) groups is 1. The van der Waals surface area contributed by atoms with Gasteiger partial charge in [-0.3, -0.25) is 14.2 Å². The highest BCUT2D eigenvalue weighted by molar-refractivity contribution is 5.78. The Morgan fingerprint density at radius 1 is 1.32 bits per heavy atom. The topological polar surface area (TPSA) is 88.0 Å². The lowest BCUT2D eigenvalue weighted by atomic mass is 10.2. The van der Waals surface area contributed by atoms with Gasteiger partial charge in [-0.15, -0.1) is 0 Å². The number of fused-ring (bicyclic) bond motifs is 1. The van der Waals surface area contributed by atoms with Gasteiger partial charge in [0.05, 0.1) is 11.8 Å². The van der Waals surface area contributed by atoms with Crippen molar-refractivity contribution in [2.24, 2.45) is 0 Å². The van der Waals surface area contributed by atoms with Gasteiger partial charge in [-0.05, 0) is 13.0 Å². The van der Waals surface area contributed by atoms with Gasteiger partial charge in [0.2, 0.25) is 0 Å². The van der Waals surface area contributed by atoms with Crippen molar-refractivity contribution >= 4 is 17.0 Å². The molecule has 0 saturated heterocycles. The molecule has 0 atom stereocenters. The van der Waals surface area contributed by atoms with E-state index in [9.17, 15) is 9.59 Å². The van der Waals surface area contributed by atoms with Crippen LogP contribution in [0.4, 0.5) is 0 Å². The third kappa shape index (κ3) is 2.50. The highest BCUT2D eigenvalue weighted by atomic mass is 16.4. The van der Waals surface area contributed by atoms with Gasteiger partial charge in [0.15, 0.2) is 0 Å². The maximum absolute atomic E-state index is 12.7. The second-order valence-corrected chi connectivity index (χ2v) is 5.12. The van der Waals surface area contributed by atoms with E-state index in [1.807, 2.05) is 37.3 Å².